The first-order chi connectivity index (χ1) is 10.6. The van der Waals surface area contributed by atoms with Crippen LogP contribution in [0.25, 0.3) is 10.9 Å². The molecule has 0 aliphatic rings. The van der Waals surface area contributed by atoms with Crippen molar-refractivity contribution in [2.45, 2.75) is 13.0 Å². The van der Waals surface area contributed by atoms with E-state index in [1.54, 1.807) is 0 Å². The molecular weight excluding hydrogens is 296 g/mol. The van der Waals surface area contributed by atoms with Crippen molar-refractivity contribution in [2.24, 2.45) is 7.05 Å². The Balaban J connectivity index is 1.87. The van der Waals surface area contributed by atoms with Crippen molar-refractivity contribution in [2.75, 3.05) is 0 Å². The normalized spacial score (nSPS) is 12.3. The van der Waals surface area contributed by atoms with E-state index in [0.29, 0.717) is 10.6 Å². The number of para-hydroxylation sites is 1. The lowest BCUT2D eigenvalue weighted by Crippen LogP contribution is -2.26. The second-order valence-corrected chi connectivity index (χ2v) is 5.86. The van der Waals surface area contributed by atoms with Gasteiger partial charge < -0.3 is 9.88 Å². The van der Waals surface area contributed by atoms with Crippen LogP contribution in [0, 0.1) is 0 Å². The zero-order chi connectivity index (χ0) is 15.7. The zero-order valence-electron chi connectivity index (χ0n) is 12.5. The lowest BCUT2D eigenvalue weighted by molar-refractivity contribution is 0.0941. The Morgan fingerprint density at radius 3 is 2.73 bits per heavy atom. The number of fused-ring (bicyclic) bond motifs is 1. The third-order valence-corrected chi connectivity index (χ3v) is 4.07. The maximum absolute atomic E-state index is 12.6. The van der Waals surface area contributed by atoms with Gasteiger partial charge in [0.1, 0.15) is 0 Å². The second kappa shape index (κ2) is 5.85. The largest absolute Gasteiger partial charge is 0.350 e. The standard InChI is InChI=1S/C18H17ClN2O/c1-12(13-6-5-7-14(19)10-13)20-18(22)16-11-21(2)17-9-4-3-8-15(16)17/h3-12H,1-2H3,(H,20,22)/t12-/m1/s1. The fourth-order valence-electron chi connectivity index (χ4n) is 2.66. The predicted molar refractivity (Wildman–Crippen MR) is 90.3 cm³/mol. The van der Waals surface area contributed by atoms with Crippen molar-refractivity contribution in [3.8, 4) is 0 Å². The molecule has 3 rings (SSSR count). The minimum atomic E-state index is -0.106. The molecule has 4 heteroatoms. The van der Waals surface area contributed by atoms with E-state index < -0.39 is 0 Å². The number of hydrogen-bond acceptors (Lipinski definition) is 1. The minimum Gasteiger partial charge on any atom is -0.350 e. The van der Waals surface area contributed by atoms with Gasteiger partial charge in [-0.3, -0.25) is 4.79 Å². The van der Waals surface area contributed by atoms with Crippen molar-refractivity contribution in [3.63, 3.8) is 0 Å². The van der Waals surface area contributed by atoms with Crippen LogP contribution in [-0.2, 0) is 7.05 Å². The highest BCUT2D eigenvalue weighted by Gasteiger charge is 2.16. The van der Waals surface area contributed by atoms with Crippen LogP contribution in [0.4, 0.5) is 0 Å². The molecule has 3 nitrogen and oxygen atoms in total. The first-order valence-corrected chi connectivity index (χ1v) is 7.54. The lowest BCUT2D eigenvalue weighted by Gasteiger charge is -2.14. The topological polar surface area (TPSA) is 34.0 Å². The molecule has 0 aliphatic carbocycles. The van der Waals surface area contributed by atoms with Gasteiger partial charge in [0.05, 0.1) is 11.6 Å². The highest BCUT2D eigenvalue weighted by molar-refractivity contribution is 6.30. The van der Waals surface area contributed by atoms with Crippen LogP contribution in [0.3, 0.4) is 0 Å². The zero-order valence-corrected chi connectivity index (χ0v) is 13.3. The number of nitrogens with one attached hydrogen (secondary N) is 1. The second-order valence-electron chi connectivity index (χ2n) is 5.42. The molecule has 0 saturated carbocycles. The number of carbonyl (C=O) groups excluding carboxylic acids is 1. The molecule has 22 heavy (non-hydrogen) atoms. The molecule has 1 amide bonds. The Labute approximate surface area is 134 Å². The van der Waals surface area contributed by atoms with Gasteiger partial charge >= 0.3 is 0 Å². The molecule has 1 atom stereocenters. The van der Waals surface area contributed by atoms with Crippen LogP contribution in [0.2, 0.25) is 5.02 Å². The summed E-state index contributed by atoms with van der Waals surface area (Å²) < 4.78 is 1.97. The average molecular weight is 313 g/mol. The van der Waals surface area contributed by atoms with Gasteiger partial charge in [-0.25, -0.2) is 0 Å². The van der Waals surface area contributed by atoms with Gasteiger partial charge in [-0.2, -0.15) is 0 Å². The summed E-state index contributed by atoms with van der Waals surface area (Å²) in [5.74, 6) is -0.0794. The molecule has 0 unspecified atom stereocenters. The number of nitrogens with zero attached hydrogens (tertiary/aromatic N) is 1. The molecule has 1 aromatic heterocycles. The van der Waals surface area contributed by atoms with E-state index in [1.165, 1.54) is 0 Å². The molecule has 2 aromatic carbocycles. The molecule has 1 heterocycles. The molecule has 0 bridgehead atoms. The summed E-state index contributed by atoms with van der Waals surface area (Å²) >= 11 is 6.01. The maximum Gasteiger partial charge on any atom is 0.253 e. The number of halogens is 1. The monoisotopic (exact) mass is 312 g/mol. The van der Waals surface area contributed by atoms with Crippen molar-refractivity contribution in [1.29, 1.82) is 0 Å². The van der Waals surface area contributed by atoms with Gasteiger partial charge in [0.15, 0.2) is 0 Å². The van der Waals surface area contributed by atoms with Crippen LogP contribution in [0.15, 0.2) is 54.7 Å². The molecular formula is C18H17ClN2O. The van der Waals surface area contributed by atoms with Crippen LogP contribution in [0.1, 0.15) is 28.9 Å². The van der Waals surface area contributed by atoms with E-state index in [-0.39, 0.29) is 11.9 Å². The highest BCUT2D eigenvalue weighted by atomic mass is 35.5. The SMILES string of the molecule is C[C@@H](NC(=O)c1cn(C)c2ccccc12)c1cccc(Cl)c1. The quantitative estimate of drug-likeness (QED) is 0.767. The summed E-state index contributed by atoms with van der Waals surface area (Å²) in [5.41, 5.74) is 2.72. The van der Waals surface area contributed by atoms with E-state index >= 15 is 0 Å². The van der Waals surface area contributed by atoms with Gasteiger partial charge in [0, 0.05) is 29.2 Å². The molecule has 0 saturated heterocycles. The molecule has 3 aromatic rings. The summed E-state index contributed by atoms with van der Waals surface area (Å²) in [4.78, 5) is 12.6. The molecule has 0 aliphatic heterocycles. The number of amides is 1. The van der Waals surface area contributed by atoms with Crippen LogP contribution >= 0.6 is 11.6 Å². The van der Waals surface area contributed by atoms with Gasteiger partial charge in [-0.1, -0.05) is 41.9 Å². The van der Waals surface area contributed by atoms with E-state index in [0.717, 1.165) is 16.5 Å². The first kappa shape index (κ1) is 14.7. The van der Waals surface area contributed by atoms with Crippen molar-refractivity contribution < 1.29 is 4.79 Å². The summed E-state index contributed by atoms with van der Waals surface area (Å²) in [6.07, 6.45) is 1.87. The molecule has 0 radical (unpaired) electrons. The Morgan fingerprint density at radius 2 is 1.95 bits per heavy atom. The van der Waals surface area contributed by atoms with Crippen LogP contribution in [-0.4, -0.2) is 10.5 Å². The fraction of sp³-hybridized carbons (Fsp3) is 0.167. The number of carbonyl (C=O) groups is 1. The Morgan fingerprint density at radius 1 is 1.18 bits per heavy atom. The summed E-state index contributed by atoms with van der Waals surface area (Å²) in [7, 11) is 1.94. The van der Waals surface area contributed by atoms with E-state index in [4.69, 9.17) is 11.6 Å². The smallest absolute Gasteiger partial charge is 0.253 e. The van der Waals surface area contributed by atoms with Gasteiger partial charge in [-0.05, 0) is 30.7 Å². The van der Waals surface area contributed by atoms with Crippen molar-refractivity contribution >= 4 is 28.4 Å². The first-order valence-electron chi connectivity index (χ1n) is 7.16. The lowest BCUT2D eigenvalue weighted by atomic mass is 10.1. The Hall–Kier alpha value is -2.26. The van der Waals surface area contributed by atoms with Gasteiger partial charge in [0.25, 0.3) is 5.91 Å². The molecule has 1 N–H and O–H groups in total. The van der Waals surface area contributed by atoms with E-state index in [2.05, 4.69) is 5.32 Å². The number of hydrogen-bond donors (Lipinski definition) is 1. The minimum absolute atomic E-state index is 0.0794. The number of rotatable bonds is 3. The maximum atomic E-state index is 12.6. The van der Waals surface area contributed by atoms with Crippen molar-refractivity contribution in [3.05, 3.63) is 70.9 Å². The number of aryl methyl sites for hydroxylation is 1. The molecule has 0 spiro atoms. The Bertz CT molecular complexity index is 838. The van der Waals surface area contributed by atoms with Gasteiger partial charge in [0.2, 0.25) is 0 Å². The van der Waals surface area contributed by atoms with E-state index in [1.807, 2.05) is 73.3 Å². The number of benzene rings is 2. The fourth-order valence-corrected chi connectivity index (χ4v) is 2.86. The highest BCUT2D eigenvalue weighted by Crippen LogP contribution is 2.22. The Kier molecular flexibility index (Phi) is 3.90. The average Bonchev–Trinajstić information content (AvgIpc) is 2.85. The van der Waals surface area contributed by atoms with Crippen LogP contribution < -0.4 is 5.32 Å². The predicted octanol–water partition coefficient (Wildman–Crippen LogP) is 4.32. The summed E-state index contributed by atoms with van der Waals surface area (Å²) in [6, 6.07) is 15.3. The van der Waals surface area contributed by atoms with E-state index in [9.17, 15) is 4.79 Å². The van der Waals surface area contributed by atoms with Crippen molar-refractivity contribution in [1.82, 2.24) is 9.88 Å². The van der Waals surface area contributed by atoms with Gasteiger partial charge in [-0.15, -0.1) is 0 Å². The third-order valence-electron chi connectivity index (χ3n) is 3.84. The summed E-state index contributed by atoms with van der Waals surface area (Å²) in [6.45, 7) is 1.95. The van der Waals surface area contributed by atoms with Crippen LogP contribution in [0.5, 0.6) is 0 Å². The number of aromatic nitrogens is 1. The third kappa shape index (κ3) is 2.72. The molecule has 0 fully saturated rings. The molecule has 112 valence electrons. The summed E-state index contributed by atoms with van der Waals surface area (Å²) in [5, 5.41) is 4.66.